The third-order valence-electron chi connectivity index (χ3n) is 2.75. The van der Waals surface area contributed by atoms with E-state index in [2.05, 4.69) is 10.2 Å². The molecule has 0 atom stereocenters. The number of rotatable bonds is 4. The van der Waals surface area contributed by atoms with Crippen LogP contribution in [-0.4, -0.2) is 11.3 Å². The average Bonchev–Trinajstić information content (AvgIpc) is 2.93. The number of fused-ring (bicyclic) bond motifs is 1. The maximum atomic E-state index is 13.8. The van der Waals surface area contributed by atoms with Gasteiger partial charge in [-0.15, -0.1) is 16.2 Å². The molecule has 0 unspecified atom stereocenters. The van der Waals surface area contributed by atoms with Crippen molar-refractivity contribution >= 4 is 33.5 Å². The summed E-state index contributed by atoms with van der Waals surface area (Å²) >= 11 is 1.21. The van der Waals surface area contributed by atoms with Crippen LogP contribution in [0.4, 0.5) is 10.1 Å². The molecule has 5 nitrogen and oxygen atoms in total. The number of nitrogens with zero attached hydrogens (tertiary/aromatic N) is 2. The molecular weight excluding hydrogens is 295 g/mol. The smallest absolute Gasteiger partial charge is 0.167 e. The van der Waals surface area contributed by atoms with Crippen LogP contribution >= 0.6 is 11.3 Å². The van der Waals surface area contributed by atoms with Crippen LogP contribution in [0.1, 0.15) is 9.67 Å². The largest absolute Gasteiger partial charge is 0.453 e. The number of aldehydes is 1. The lowest BCUT2D eigenvalue weighted by Crippen LogP contribution is -1.88. The van der Waals surface area contributed by atoms with Crippen molar-refractivity contribution in [3.63, 3.8) is 0 Å². The Bertz CT molecular complexity index is 847. The summed E-state index contributed by atoms with van der Waals surface area (Å²) < 4.78 is 20.0. The average molecular weight is 302 g/mol. The zero-order valence-corrected chi connectivity index (χ0v) is 11.3. The Morgan fingerprint density at radius 1 is 1.24 bits per heavy atom. The molecule has 0 N–H and O–H groups in total. The molecule has 1 aromatic carbocycles. The maximum absolute atomic E-state index is 13.8. The first-order valence-corrected chi connectivity index (χ1v) is 6.67. The van der Waals surface area contributed by atoms with E-state index in [4.69, 9.17) is 4.74 Å². The van der Waals surface area contributed by atoms with Gasteiger partial charge in [-0.3, -0.25) is 9.78 Å². The van der Waals surface area contributed by atoms with E-state index >= 15 is 0 Å². The molecule has 3 aromatic rings. The Hall–Kier alpha value is -2.67. The van der Waals surface area contributed by atoms with E-state index in [1.165, 1.54) is 29.7 Å². The van der Waals surface area contributed by atoms with Gasteiger partial charge in [-0.05, 0) is 23.4 Å². The van der Waals surface area contributed by atoms with Crippen molar-refractivity contribution in [2.45, 2.75) is 0 Å². The van der Waals surface area contributed by atoms with Crippen LogP contribution in [0, 0.1) is 10.7 Å². The lowest BCUT2D eigenvalue weighted by molar-refractivity contribution is 0.112. The first-order valence-electron chi connectivity index (χ1n) is 5.86. The minimum absolute atomic E-state index is 0.0147. The molecule has 0 aliphatic rings. The highest BCUT2D eigenvalue weighted by Gasteiger charge is 2.12. The second kappa shape index (κ2) is 5.37. The number of carbonyl (C=O) groups is 1. The second-order valence-corrected chi connectivity index (χ2v) is 5.18. The van der Waals surface area contributed by atoms with E-state index < -0.39 is 5.82 Å². The molecular formula is C14H7FN2O3S. The number of thiophene rings is 1. The van der Waals surface area contributed by atoms with Gasteiger partial charge in [0, 0.05) is 18.3 Å². The van der Waals surface area contributed by atoms with E-state index in [0.29, 0.717) is 20.8 Å². The first-order chi connectivity index (χ1) is 10.2. The van der Waals surface area contributed by atoms with Crippen LogP contribution in [0.25, 0.3) is 10.2 Å². The minimum Gasteiger partial charge on any atom is -0.453 e. The molecule has 7 heteroatoms. The molecule has 0 radical (unpaired) electrons. The van der Waals surface area contributed by atoms with E-state index in [1.807, 2.05) is 0 Å². The topological polar surface area (TPSA) is 68.6 Å². The van der Waals surface area contributed by atoms with Crippen LogP contribution in [0.15, 0.2) is 41.7 Å². The molecule has 2 heterocycles. The van der Waals surface area contributed by atoms with Crippen LogP contribution in [0.5, 0.6) is 11.5 Å². The molecule has 3 rings (SSSR count). The van der Waals surface area contributed by atoms with E-state index in [9.17, 15) is 14.1 Å². The van der Waals surface area contributed by atoms with Crippen molar-refractivity contribution in [2.75, 3.05) is 0 Å². The number of hydrogen-bond donors (Lipinski definition) is 0. The number of ether oxygens (including phenoxy) is 1. The molecule has 2 aromatic heterocycles. The quantitative estimate of drug-likeness (QED) is 0.528. The van der Waals surface area contributed by atoms with Gasteiger partial charge in [0.05, 0.1) is 15.1 Å². The summed E-state index contributed by atoms with van der Waals surface area (Å²) in [5, 5.41) is 2.65. The number of benzene rings is 1. The van der Waals surface area contributed by atoms with Gasteiger partial charge in [0.2, 0.25) is 0 Å². The number of carbonyl (C=O) groups excluding carboxylic acids is 1. The normalized spacial score (nSPS) is 10.5. The van der Waals surface area contributed by atoms with Gasteiger partial charge in [0.15, 0.2) is 17.9 Å². The highest BCUT2D eigenvalue weighted by Crippen LogP contribution is 2.35. The lowest BCUT2D eigenvalue weighted by Gasteiger charge is -2.07. The molecule has 0 saturated heterocycles. The van der Waals surface area contributed by atoms with E-state index in [-0.39, 0.29) is 11.4 Å². The predicted octanol–water partition coefficient (Wildman–Crippen LogP) is 4.44. The number of hydrogen-bond acceptors (Lipinski definition) is 6. The standard InChI is InChI=1S/C14H7FN2O3S/c15-10-5-8(17-19)1-2-12(10)20-13-3-4-16-11-6-9(7-18)21-14(11)13/h1-7H. The van der Waals surface area contributed by atoms with Crippen molar-refractivity contribution in [3.8, 4) is 11.5 Å². The Morgan fingerprint density at radius 2 is 2.10 bits per heavy atom. The Kier molecular flexibility index (Phi) is 3.41. The summed E-state index contributed by atoms with van der Waals surface area (Å²) in [4.78, 5) is 25.8. The third-order valence-corrected chi connectivity index (χ3v) is 3.82. The van der Waals surface area contributed by atoms with Gasteiger partial charge in [-0.1, -0.05) is 0 Å². The van der Waals surface area contributed by atoms with Gasteiger partial charge < -0.3 is 4.74 Å². The second-order valence-electron chi connectivity index (χ2n) is 4.10. The zero-order chi connectivity index (χ0) is 14.8. The van der Waals surface area contributed by atoms with Crippen LogP contribution in [0.3, 0.4) is 0 Å². The summed E-state index contributed by atoms with van der Waals surface area (Å²) in [5.41, 5.74) is 0.588. The van der Waals surface area contributed by atoms with Crippen molar-refractivity contribution in [1.82, 2.24) is 4.98 Å². The van der Waals surface area contributed by atoms with Crippen LogP contribution in [-0.2, 0) is 0 Å². The zero-order valence-electron chi connectivity index (χ0n) is 10.4. The summed E-state index contributed by atoms with van der Waals surface area (Å²) in [5.74, 6) is -0.330. The highest BCUT2D eigenvalue weighted by molar-refractivity contribution is 7.20. The van der Waals surface area contributed by atoms with Gasteiger partial charge >= 0.3 is 0 Å². The van der Waals surface area contributed by atoms with Gasteiger partial charge in [-0.2, -0.15) is 0 Å². The fourth-order valence-electron chi connectivity index (χ4n) is 1.82. The summed E-state index contributed by atoms with van der Waals surface area (Å²) in [7, 11) is 0. The maximum Gasteiger partial charge on any atom is 0.167 e. The van der Waals surface area contributed by atoms with E-state index in [1.54, 1.807) is 12.1 Å². The van der Waals surface area contributed by atoms with Crippen LogP contribution < -0.4 is 4.74 Å². The molecule has 104 valence electrons. The summed E-state index contributed by atoms with van der Waals surface area (Å²) in [6, 6.07) is 6.89. The fourth-order valence-corrected chi connectivity index (χ4v) is 2.70. The van der Waals surface area contributed by atoms with Gasteiger partial charge in [0.25, 0.3) is 0 Å². The van der Waals surface area contributed by atoms with Gasteiger partial charge in [0.1, 0.15) is 11.4 Å². The Morgan fingerprint density at radius 3 is 2.81 bits per heavy atom. The van der Waals surface area contributed by atoms with E-state index in [0.717, 1.165) is 12.4 Å². The Labute approximate surface area is 122 Å². The molecule has 21 heavy (non-hydrogen) atoms. The molecule has 0 saturated carbocycles. The fraction of sp³-hybridized carbons (Fsp3) is 0. The van der Waals surface area contributed by atoms with Crippen molar-refractivity contribution < 1.29 is 13.9 Å². The summed E-state index contributed by atoms with van der Waals surface area (Å²) in [6.07, 6.45) is 2.24. The molecule has 0 spiro atoms. The number of aromatic nitrogens is 1. The number of nitroso groups, excluding NO2 is 1. The predicted molar refractivity (Wildman–Crippen MR) is 76.9 cm³/mol. The van der Waals surface area contributed by atoms with Crippen LogP contribution in [0.2, 0.25) is 0 Å². The first kappa shape index (κ1) is 13.3. The Balaban J connectivity index is 2.03. The minimum atomic E-state index is -0.691. The number of halogens is 1. The molecule has 0 aliphatic carbocycles. The molecule has 0 amide bonds. The molecule has 0 aliphatic heterocycles. The molecule has 0 bridgehead atoms. The highest BCUT2D eigenvalue weighted by atomic mass is 32.1. The summed E-state index contributed by atoms with van der Waals surface area (Å²) in [6.45, 7) is 0. The van der Waals surface area contributed by atoms with Crippen molar-refractivity contribution in [1.29, 1.82) is 0 Å². The monoisotopic (exact) mass is 302 g/mol. The van der Waals surface area contributed by atoms with Crippen molar-refractivity contribution in [3.05, 3.63) is 52.1 Å². The molecule has 0 fully saturated rings. The number of pyridine rings is 1. The SMILES string of the molecule is O=Cc1cc2nccc(Oc3ccc(N=O)cc3F)c2s1. The van der Waals surface area contributed by atoms with Gasteiger partial charge in [-0.25, -0.2) is 4.39 Å². The third kappa shape index (κ3) is 2.50. The lowest BCUT2D eigenvalue weighted by atomic mass is 10.3. The van der Waals surface area contributed by atoms with Crippen molar-refractivity contribution in [2.24, 2.45) is 5.18 Å².